The fourth-order valence-corrected chi connectivity index (χ4v) is 3.87. The molecule has 10 heteroatoms. The summed E-state index contributed by atoms with van der Waals surface area (Å²) in [5.74, 6) is 0.578. The Kier molecular flexibility index (Phi) is 8.39. The Labute approximate surface area is 206 Å². The molecule has 0 radical (unpaired) electrons. The number of ether oxygens (including phenoxy) is 2. The van der Waals surface area contributed by atoms with E-state index in [1.807, 2.05) is 51.2 Å². The molecule has 0 aliphatic heterocycles. The summed E-state index contributed by atoms with van der Waals surface area (Å²) in [6, 6.07) is 17.7. The maximum atomic E-state index is 13.1. The van der Waals surface area contributed by atoms with Crippen LogP contribution in [0.5, 0.6) is 11.8 Å². The van der Waals surface area contributed by atoms with E-state index in [1.54, 1.807) is 16.7 Å². The Hall–Kier alpha value is -3.97. The van der Waals surface area contributed by atoms with Gasteiger partial charge in [0.2, 0.25) is 0 Å². The zero-order valence-electron chi connectivity index (χ0n) is 20.6. The van der Waals surface area contributed by atoms with Crippen molar-refractivity contribution in [1.82, 2.24) is 14.9 Å². The first-order valence-electron chi connectivity index (χ1n) is 11.4. The molecule has 0 fully saturated rings. The maximum absolute atomic E-state index is 13.1. The summed E-state index contributed by atoms with van der Waals surface area (Å²) >= 11 is 0. The van der Waals surface area contributed by atoms with E-state index in [4.69, 9.17) is 15.2 Å². The highest BCUT2D eigenvalue weighted by molar-refractivity contribution is 6.15. The summed E-state index contributed by atoms with van der Waals surface area (Å²) in [6.07, 6.45) is 0.651. The number of hydrogen-bond acceptors (Lipinski definition) is 7. The van der Waals surface area contributed by atoms with Crippen LogP contribution in [0.25, 0.3) is 0 Å². The molecule has 0 unspecified atom stereocenters. The minimum Gasteiger partial charge on any atom is -0.495 e. The molecular formula is C25H31BN6O3. The number of imidazole rings is 1. The van der Waals surface area contributed by atoms with Gasteiger partial charge in [-0.3, -0.25) is 9.36 Å². The van der Waals surface area contributed by atoms with Crippen LogP contribution >= 0.6 is 0 Å². The van der Waals surface area contributed by atoms with Gasteiger partial charge >= 0.3 is 0 Å². The van der Waals surface area contributed by atoms with Crippen molar-refractivity contribution in [3.05, 3.63) is 70.9 Å². The third-order valence-corrected chi connectivity index (χ3v) is 5.50. The number of rotatable bonds is 11. The van der Waals surface area contributed by atoms with E-state index in [0.29, 0.717) is 42.3 Å². The van der Waals surface area contributed by atoms with Gasteiger partial charge in [0.25, 0.3) is 11.9 Å². The Morgan fingerprint density at radius 3 is 2.57 bits per heavy atom. The average molecular weight is 474 g/mol. The summed E-state index contributed by atoms with van der Waals surface area (Å²) in [7, 11) is 4.97. The van der Waals surface area contributed by atoms with Gasteiger partial charge in [0.1, 0.15) is 19.7 Å². The standard InChI is InChI=1S/C25H31BN6O3/c1-4-29-23(33)21-22(30-16-25(26,28)13-17-8-6-5-7-9-17)31-24(35-3)32(21)15-18-10-11-20(34-2)19(12-18)14-27/h5-12,30H,4,13,15-16,26,28H2,1-3H3,(H,29,33)/t25-/m1/s1. The number of anilines is 1. The largest absolute Gasteiger partial charge is 0.495 e. The third kappa shape index (κ3) is 6.34. The van der Waals surface area contributed by atoms with E-state index < -0.39 is 5.44 Å². The lowest BCUT2D eigenvalue weighted by Gasteiger charge is -2.25. The quantitative estimate of drug-likeness (QED) is 0.360. The number of nitrogens with two attached hydrogens (primary N) is 1. The second-order valence-electron chi connectivity index (χ2n) is 8.56. The molecule has 1 heterocycles. The topological polar surface area (TPSA) is 127 Å². The van der Waals surface area contributed by atoms with Gasteiger partial charge in [-0.05, 0) is 36.6 Å². The number of benzene rings is 2. The van der Waals surface area contributed by atoms with Crippen LogP contribution in [-0.4, -0.2) is 56.1 Å². The molecule has 0 aliphatic carbocycles. The Balaban J connectivity index is 1.92. The van der Waals surface area contributed by atoms with Crippen LogP contribution in [0.15, 0.2) is 48.5 Å². The molecule has 1 atom stereocenters. The average Bonchev–Trinajstić information content (AvgIpc) is 3.20. The fraction of sp³-hybridized carbons (Fsp3) is 0.320. The van der Waals surface area contributed by atoms with Gasteiger partial charge in [-0.25, -0.2) is 0 Å². The number of nitrogens with zero attached hydrogens (tertiary/aromatic N) is 3. The second kappa shape index (κ2) is 11.4. The summed E-state index contributed by atoms with van der Waals surface area (Å²) in [6.45, 7) is 2.96. The van der Waals surface area contributed by atoms with Gasteiger partial charge in [-0.2, -0.15) is 10.2 Å². The van der Waals surface area contributed by atoms with Crippen molar-refractivity contribution in [1.29, 1.82) is 5.26 Å². The molecule has 1 aromatic heterocycles. The van der Waals surface area contributed by atoms with Crippen molar-refractivity contribution in [2.24, 2.45) is 5.73 Å². The van der Waals surface area contributed by atoms with E-state index in [9.17, 15) is 10.1 Å². The minimum atomic E-state index is -0.589. The number of hydrogen-bond donors (Lipinski definition) is 3. The number of carbonyl (C=O) groups excluding carboxylic acids is 1. The van der Waals surface area contributed by atoms with Crippen LogP contribution in [0.2, 0.25) is 0 Å². The monoisotopic (exact) mass is 474 g/mol. The Morgan fingerprint density at radius 1 is 1.20 bits per heavy atom. The number of methoxy groups -OCH3 is 2. The highest BCUT2D eigenvalue weighted by Crippen LogP contribution is 2.26. The highest BCUT2D eigenvalue weighted by Gasteiger charge is 2.26. The van der Waals surface area contributed by atoms with E-state index in [2.05, 4.69) is 21.7 Å². The summed E-state index contributed by atoms with van der Waals surface area (Å²) < 4.78 is 12.4. The lowest BCUT2D eigenvalue weighted by molar-refractivity contribution is 0.0946. The molecule has 4 N–H and O–H groups in total. The van der Waals surface area contributed by atoms with Crippen LogP contribution in [0.1, 0.15) is 34.1 Å². The summed E-state index contributed by atoms with van der Waals surface area (Å²) in [4.78, 5) is 17.6. The number of carbonyl (C=O) groups is 1. The molecule has 0 saturated carbocycles. The molecule has 3 rings (SSSR count). The number of aromatic nitrogens is 2. The highest BCUT2D eigenvalue weighted by atomic mass is 16.5. The van der Waals surface area contributed by atoms with Gasteiger partial charge in [0.05, 0.1) is 26.3 Å². The molecule has 182 valence electrons. The van der Waals surface area contributed by atoms with Crippen molar-refractivity contribution in [3.63, 3.8) is 0 Å². The van der Waals surface area contributed by atoms with Gasteiger partial charge in [0, 0.05) is 18.5 Å². The smallest absolute Gasteiger partial charge is 0.299 e. The minimum absolute atomic E-state index is 0.268. The predicted octanol–water partition coefficient (Wildman–Crippen LogP) is 1.51. The molecule has 0 aliphatic rings. The zero-order chi connectivity index (χ0) is 25.4. The van der Waals surface area contributed by atoms with Crippen molar-refractivity contribution in [2.75, 3.05) is 32.6 Å². The van der Waals surface area contributed by atoms with Crippen molar-refractivity contribution < 1.29 is 14.3 Å². The van der Waals surface area contributed by atoms with Crippen LogP contribution in [0, 0.1) is 11.3 Å². The predicted molar refractivity (Wildman–Crippen MR) is 138 cm³/mol. The molecule has 35 heavy (non-hydrogen) atoms. The van der Waals surface area contributed by atoms with E-state index >= 15 is 0 Å². The van der Waals surface area contributed by atoms with Gasteiger partial charge in [0.15, 0.2) is 11.5 Å². The lowest BCUT2D eigenvalue weighted by atomic mass is 9.74. The SMILES string of the molecule is B[C@](N)(CNc1nc(OC)n(Cc2ccc(OC)c(C#N)c2)c1C(=O)NCC)Cc1ccccc1. The number of amides is 1. The summed E-state index contributed by atoms with van der Waals surface area (Å²) in [5, 5.41) is 15.6. The number of nitriles is 1. The normalized spacial score (nSPS) is 12.3. The van der Waals surface area contributed by atoms with Crippen molar-refractivity contribution >= 4 is 19.6 Å². The van der Waals surface area contributed by atoms with Gasteiger partial charge in [-0.1, -0.05) is 36.4 Å². The molecule has 0 saturated heterocycles. The Morgan fingerprint density at radius 2 is 1.94 bits per heavy atom. The lowest BCUT2D eigenvalue weighted by Crippen LogP contribution is -2.49. The molecule has 2 aromatic carbocycles. The first-order valence-corrected chi connectivity index (χ1v) is 11.4. The van der Waals surface area contributed by atoms with E-state index in [-0.39, 0.29) is 18.5 Å². The van der Waals surface area contributed by atoms with Crippen LogP contribution < -0.4 is 25.8 Å². The maximum Gasteiger partial charge on any atom is 0.299 e. The molecule has 0 spiro atoms. The number of nitrogens with one attached hydrogen (secondary N) is 2. The second-order valence-corrected chi connectivity index (χ2v) is 8.56. The van der Waals surface area contributed by atoms with Crippen molar-refractivity contribution in [3.8, 4) is 17.8 Å². The Bertz CT molecular complexity index is 1200. The summed E-state index contributed by atoms with van der Waals surface area (Å²) in [5.41, 5.74) is 8.63. The molecular weight excluding hydrogens is 443 g/mol. The molecule has 9 nitrogen and oxygen atoms in total. The van der Waals surface area contributed by atoms with Crippen LogP contribution in [0.3, 0.4) is 0 Å². The first kappa shape index (κ1) is 25.7. The van der Waals surface area contributed by atoms with E-state index in [1.165, 1.54) is 14.2 Å². The molecule has 3 aromatic rings. The van der Waals surface area contributed by atoms with Crippen LogP contribution in [0.4, 0.5) is 5.82 Å². The fourth-order valence-electron chi connectivity index (χ4n) is 3.87. The van der Waals surface area contributed by atoms with E-state index in [0.717, 1.165) is 11.1 Å². The van der Waals surface area contributed by atoms with Crippen molar-refractivity contribution in [2.45, 2.75) is 25.3 Å². The third-order valence-electron chi connectivity index (χ3n) is 5.50. The first-order chi connectivity index (χ1) is 16.8. The van der Waals surface area contributed by atoms with Crippen LogP contribution in [-0.2, 0) is 13.0 Å². The molecule has 0 bridgehead atoms. The van der Waals surface area contributed by atoms with Gasteiger partial charge < -0.3 is 25.8 Å². The van der Waals surface area contributed by atoms with Gasteiger partial charge in [-0.15, -0.1) is 0 Å². The zero-order valence-corrected chi connectivity index (χ0v) is 20.6. The molecule has 1 amide bonds.